The molecule has 0 bridgehead atoms. The van der Waals surface area contributed by atoms with Crippen molar-refractivity contribution in [2.24, 2.45) is 5.41 Å². The van der Waals surface area contributed by atoms with Crippen molar-refractivity contribution < 1.29 is 0 Å². The van der Waals surface area contributed by atoms with E-state index in [1.54, 1.807) is 11.8 Å². The van der Waals surface area contributed by atoms with Gasteiger partial charge in [0.25, 0.3) is 0 Å². The molecule has 0 spiro atoms. The summed E-state index contributed by atoms with van der Waals surface area (Å²) in [5.74, 6) is 0. The second-order valence-electron chi connectivity index (χ2n) is 6.97. The summed E-state index contributed by atoms with van der Waals surface area (Å²) in [5.41, 5.74) is 0.378. The maximum atomic E-state index is 9.31. The van der Waals surface area contributed by atoms with Gasteiger partial charge in [0, 0.05) is 4.75 Å². The summed E-state index contributed by atoms with van der Waals surface area (Å²) >= 11 is 1.79. The monoisotopic (exact) mass is 241 g/mol. The summed E-state index contributed by atoms with van der Waals surface area (Å²) in [5, 5.41) is 9.31. The van der Waals surface area contributed by atoms with Crippen molar-refractivity contribution in [2.75, 3.05) is 0 Å². The van der Waals surface area contributed by atoms with Crippen LogP contribution in [0, 0.1) is 16.7 Å². The van der Waals surface area contributed by atoms with Crippen molar-refractivity contribution in [1.29, 1.82) is 5.26 Å². The van der Waals surface area contributed by atoms with Crippen LogP contribution in [0.5, 0.6) is 0 Å². The highest BCUT2D eigenvalue weighted by atomic mass is 32.2. The normalized spacial score (nSPS) is 16.6. The second kappa shape index (κ2) is 5.45. The van der Waals surface area contributed by atoms with Crippen molar-refractivity contribution >= 4 is 11.8 Å². The Kier molecular flexibility index (Phi) is 5.39. The van der Waals surface area contributed by atoms with E-state index >= 15 is 0 Å². The van der Waals surface area contributed by atoms with Crippen LogP contribution in [0.25, 0.3) is 0 Å². The number of hydrogen-bond donors (Lipinski definition) is 0. The molecule has 2 heteroatoms. The van der Waals surface area contributed by atoms with Gasteiger partial charge >= 0.3 is 0 Å². The van der Waals surface area contributed by atoms with E-state index in [-0.39, 0.29) is 9.49 Å². The fraction of sp³-hybridized carbons (Fsp3) is 0.929. The predicted molar refractivity (Wildman–Crippen MR) is 74.7 cm³/mol. The van der Waals surface area contributed by atoms with Gasteiger partial charge in [-0.2, -0.15) is 5.26 Å². The first kappa shape index (κ1) is 15.8. The number of thioether (sulfide) groups is 1. The fourth-order valence-electron chi connectivity index (χ4n) is 1.76. The molecule has 0 amide bonds. The topological polar surface area (TPSA) is 23.8 Å². The lowest BCUT2D eigenvalue weighted by atomic mass is 9.88. The number of nitriles is 1. The Hall–Kier alpha value is -0.160. The van der Waals surface area contributed by atoms with Crippen molar-refractivity contribution in [3.8, 4) is 6.07 Å². The van der Waals surface area contributed by atoms with Crippen molar-refractivity contribution in [3.05, 3.63) is 0 Å². The van der Waals surface area contributed by atoms with Crippen LogP contribution in [0.2, 0.25) is 0 Å². The van der Waals surface area contributed by atoms with Crippen LogP contribution < -0.4 is 0 Å². The van der Waals surface area contributed by atoms with Gasteiger partial charge in [-0.25, -0.2) is 0 Å². The largest absolute Gasteiger partial charge is 0.197 e. The van der Waals surface area contributed by atoms with Crippen molar-refractivity contribution in [3.63, 3.8) is 0 Å². The summed E-state index contributed by atoms with van der Waals surface area (Å²) in [6, 6.07) is 2.48. The van der Waals surface area contributed by atoms with Gasteiger partial charge in [0.15, 0.2) is 0 Å². The van der Waals surface area contributed by atoms with Crippen LogP contribution in [0.1, 0.15) is 67.7 Å². The summed E-state index contributed by atoms with van der Waals surface area (Å²) in [4.78, 5) is 0. The number of hydrogen-bond acceptors (Lipinski definition) is 2. The zero-order valence-electron chi connectivity index (χ0n) is 12.0. The van der Waals surface area contributed by atoms with Crippen molar-refractivity contribution in [2.45, 2.75) is 77.2 Å². The van der Waals surface area contributed by atoms with E-state index < -0.39 is 0 Å². The quantitative estimate of drug-likeness (QED) is 0.690. The van der Waals surface area contributed by atoms with Gasteiger partial charge in [-0.15, -0.1) is 11.8 Å². The lowest BCUT2D eigenvalue weighted by Crippen LogP contribution is -2.25. The van der Waals surface area contributed by atoms with Gasteiger partial charge in [0.1, 0.15) is 4.75 Å². The Labute approximate surface area is 106 Å². The predicted octanol–water partition coefficient (Wildman–Crippen LogP) is 5.02. The molecule has 94 valence electrons. The van der Waals surface area contributed by atoms with E-state index in [4.69, 9.17) is 0 Å². The Morgan fingerprint density at radius 1 is 0.938 bits per heavy atom. The zero-order valence-corrected chi connectivity index (χ0v) is 12.8. The summed E-state index contributed by atoms with van der Waals surface area (Å²) in [6.07, 6.45) is 3.31. The standard InChI is InChI=1S/C14H27NS/c1-12(2,3)9-8-10-14(7,11-15)16-13(4,5)6/h8-10H2,1-7H3. The first-order chi connectivity index (χ1) is 6.97. The fourth-order valence-corrected chi connectivity index (χ4v) is 3.41. The van der Waals surface area contributed by atoms with Crippen LogP contribution in [0.4, 0.5) is 0 Å². The average molecular weight is 241 g/mol. The van der Waals surface area contributed by atoms with Crippen LogP contribution in [0.15, 0.2) is 0 Å². The molecule has 0 aliphatic rings. The molecule has 0 aliphatic heterocycles. The molecule has 0 rings (SSSR count). The molecule has 0 aromatic carbocycles. The smallest absolute Gasteiger partial charge is 0.100 e. The molecular weight excluding hydrogens is 214 g/mol. The third kappa shape index (κ3) is 8.05. The highest BCUT2D eigenvalue weighted by molar-refractivity contribution is 8.02. The van der Waals surface area contributed by atoms with E-state index in [2.05, 4.69) is 54.5 Å². The Bertz CT molecular complexity index is 251. The number of rotatable bonds is 4. The second-order valence-corrected chi connectivity index (χ2v) is 9.30. The summed E-state index contributed by atoms with van der Waals surface area (Å²) in [6.45, 7) is 15.4. The van der Waals surface area contributed by atoms with Gasteiger partial charge in [0.05, 0.1) is 6.07 Å². The van der Waals surface area contributed by atoms with E-state index in [0.29, 0.717) is 5.41 Å². The molecule has 0 aliphatic carbocycles. The van der Waals surface area contributed by atoms with Gasteiger partial charge in [0.2, 0.25) is 0 Å². The SMILES string of the molecule is CC(C)(C)CCCC(C)(C#N)SC(C)(C)C. The molecule has 1 atom stereocenters. The van der Waals surface area contributed by atoms with Gasteiger partial charge < -0.3 is 0 Å². The van der Waals surface area contributed by atoms with Gasteiger partial charge in [-0.3, -0.25) is 0 Å². The molecule has 0 heterocycles. The van der Waals surface area contributed by atoms with Gasteiger partial charge in [-0.1, -0.05) is 48.0 Å². The molecule has 1 nitrogen and oxygen atoms in total. The van der Waals surface area contributed by atoms with Crippen LogP contribution in [0.3, 0.4) is 0 Å². The molecule has 0 fully saturated rings. The average Bonchev–Trinajstić information content (AvgIpc) is 1.98. The van der Waals surface area contributed by atoms with Crippen molar-refractivity contribution in [1.82, 2.24) is 0 Å². The third-order valence-electron chi connectivity index (χ3n) is 2.35. The molecule has 16 heavy (non-hydrogen) atoms. The molecule has 0 saturated heterocycles. The molecule has 0 radical (unpaired) electrons. The zero-order chi connectivity index (χ0) is 13.0. The Morgan fingerprint density at radius 3 is 1.75 bits per heavy atom. The first-order valence-electron chi connectivity index (χ1n) is 6.09. The summed E-state index contributed by atoms with van der Waals surface area (Å²) in [7, 11) is 0. The summed E-state index contributed by atoms with van der Waals surface area (Å²) < 4.78 is -0.0737. The third-order valence-corrected chi connectivity index (χ3v) is 3.71. The van der Waals surface area contributed by atoms with E-state index in [1.165, 1.54) is 6.42 Å². The van der Waals surface area contributed by atoms with Gasteiger partial charge in [-0.05, 0) is 25.2 Å². The van der Waals surface area contributed by atoms with E-state index in [1.807, 2.05) is 0 Å². The van der Waals surface area contributed by atoms with E-state index in [0.717, 1.165) is 12.8 Å². The lowest BCUT2D eigenvalue weighted by molar-refractivity contribution is 0.356. The molecule has 0 N–H and O–H groups in total. The minimum absolute atomic E-state index is 0.159. The highest BCUT2D eigenvalue weighted by Crippen LogP contribution is 2.40. The minimum atomic E-state index is -0.233. The molecular formula is C14H27NS. The Balaban J connectivity index is 4.25. The molecule has 0 aromatic heterocycles. The molecule has 1 unspecified atom stereocenters. The van der Waals surface area contributed by atoms with Crippen LogP contribution in [-0.2, 0) is 0 Å². The lowest BCUT2D eigenvalue weighted by Gasteiger charge is -2.30. The number of nitrogens with zero attached hydrogens (tertiary/aromatic N) is 1. The molecule has 0 saturated carbocycles. The van der Waals surface area contributed by atoms with Crippen LogP contribution >= 0.6 is 11.8 Å². The Morgan fingerprint density at radius 2 is 1.44 bits per heavy atom. The molecule has 0 aromatic rings. The van der Waals surface area contributed by atoms with Crippen LogP contribution in [-0.4, -0.2) is 9.49 Å². The maximum absolute atomic E-state index is 9.31. The minimum Gasteiger partial charge on any atom is -0.197 e. The highest BCUT2D eigenvalue weighted by Gasteiger charge is 2.30. The first-order valence-corrected chi connectivity index (χ1v) is 6.91. The maximum Gasteiger partial charge on any atom is 0.100 e. The van der Waals surface area contributed by atoms with E-state index in [9.17, 15) is 5.26 Å².